The van der Waals surface area contributed by atoms with E-state index in [4.69, 9.17) is 0 Å². The summed E-state index contributed by atoms with van der Waals surface area (Å²) in [5.41, 5.74) is 1.19. The quantitative estimate of drug-likeness (QED) is 0.856. The van der Waals surface area contributed by atoms with E-state index >= 15 is 0 Å². The van der Waals surface area contributed by atoms with Gasteiger partial charge in [-0.2, -0.15) is 5.10 Å². The van der Waals surface area contributed by atoms with E-state index in [0.717, 1.165) is 19.6 Å². The van der Waals surface area contributed by atoms with Gasteiger partial charge in [-0.3, -0.25) is 9.58 Å². The number of hydrogen-bond acceptors (Lipinski definition) is 3. The number of piperidine rings is 1. The monoisotopic (exact) mass is 264 g/mol. The Morgan fingerprint density at radius 2 is 2.32 bits per heavy atom. The van der Waals surface area contributed by atoms with E-state index in [2.05, 4.69) is 48.3 Å². The molecule has 4 nitrogen and oxygen atoms in total. The van der Waals surface area contributed by atoms with Crippen LogP contribution in [0.4, 0.5) is 0 Å². The Morgan fingerprint density at radius 3 is 2.89 bits per heavy atom. The van der Waals surface area contributed by atoms with Crippen LogP contribution >= 0.6 is 0 Å². The van der Waals surface area contributed by atoms with Crippen LogP contribution in [0.1, 0.15) is 51.8 Å². The lowest BCUT2D eigenvalue weighted by molar-refractivity contribution is 0.223. The average molecular weight is 264 g/mol. The fourth-order valence-electron chi connectivity index (χ4n) is 2.68. The molecule has 1 aromatic heterocycles. The smallest absolute Gasteiger partial charge is 0.0764 e. The molecular weight excluding hydrogens is 236 g/mol. The second kappa shape index (κ2) is 7.06. The van der Waals surface area contributed by atoms with Gasteiger partial charge in [-0.15, -0.1) is 0 Å². The summed E-state index contributed by atoms with van der Waals surface area (Å²) in [6.45, 7) is 11.0. The standard InChI is InChI=1S/C15H28N4/c1-4-18(11-14-7-5-6-9-16-14)12-15-8-10-19(17-15)13(2)3/h8,10,13-14,16H,4-7,9,11-12H2,1-3H3. The number of rotatable bonds is 6. The van der Waals surface area contributed by atoms with Crippen LogP contribution in [0.15, 0.2) is 12.3 Å². The zero-order valence-corrected chi connectivity index (χ0v) is 12.6. The summed E-state index contributed by atoms with van der Waals surface area (Å²) in [5, 5.41) is 8.27. The molecule has 0 bridgehead atoms. The van der Waals surface area contributed by atoms with Crippen molar-refractivity contribution < 1.29 is 0 Å². The first kappa shape index (κ1) is 14.5. The lowest BCUT2D eigenvalue weighted by Gasteiger charge is -2.29. The van der Waals surface area contributed by atoms with Crippen LogP contribution in [0.5, 0.6) is 0 Å². The summed E-state index contributed by atoms with van der Waals surface area (Å²) in [6, 6.07) is 3.27. The molecule has 4 heteroatoms. The molecule has 19 heavy (non-hydrogen) atoms. The normalized spacial score (nSPS) is 20.4. The third-order valence-corrected chi connectivity index (χ3v) is 3.92. The van der Waals surface area contributed by atoms with Gasteiger partial charge < -0.3 is 5.32 Å². The van der Waals surface area contributed by atoms with E-state index in [1.807, 2.05) is 4.68 Å². The van der Waals surface area contributed by atoms with Gasteiger partial charge in [0.05, 0.1) is 5.69 Å². The zero-order valence-electron chi connectivity index (χ0n) is 12.6. The Hall–Kier alpha value is -0.870. The maximum absolute atomic E-state index is 4.65. The molecule has 1 aliphatic rings. The Bertz CT molecular complexity index is 366. The highest BCUT2D eigenvalue weighted by Crippen LogP contribution is 2.11. The first-order chi connectivity index (χ1) is 9.19. The summed E-state index contributed by atoms with van der Waals surface area (Å²) in [4.78, 5) is 2.50. The number of aromatic nitrogens is 2. The van der Waals surface area contributed by atoms with Crippen molar-refractivity contribution in [2.24, 2.45) is 0 Å². The SMILES string of the molecule is CCN(Cc1ccn(C(C)C)n1)CC1CCCCN1. The molecular formula is C15H28N4. The van der Waals surface area contributed by atoms with Gasteiger partial charge in [0, 0.05) is 31.4 Å². The number of likely N-dealkylation sites (N-methyl/N-ethyl adjacent to an activating group) is 1. The third kappa shape index (κ3) is 4.32. The lowest BCUT2D eigenvalue weighted by atomic mass is 10.0. The molecule has 1 saturated heterocycles. The van der Waals surface area contributed by atoms with Crippen LogP contribution in [0.25, 0.3) is 0 Å². The van der Waals surface area contributed by atoms with Gasteiger partial charge in [0.25, 0.3) is 0 Å². The van der Waals surface area contributed by atoms with E-state index in [9.17, 15) is 0 Å². The molecule has 0 aromatic carbocycles. The van der Waals surface area contributed by atoms with Crippen molar-refractivity contribution in [1.29, 1.82) is 0 Å². The van der Waals surface area contributed by atoms with Crippen molar-refractivity contribution in [1.82, 2.24) is 20.0 Å². The first-order valence-corrected chi connectivity index (χ1v) is 7.68. The Labute approximate surface area is 117 Å². The van der Waals surface area contributed by atoms with E-state index in [1.165, 1.54) is 31.5 Å². The average Bonchev–Trinajstić information content (AvgIpc) is 2.88. The number of nitrogens with one attached hydrogen (secondary N) is 1. The van der Waals surface area contributed by atoms with Gasteiger partial charge in [-0.25, -0.2) is 0 Å². The molecule has 0 radical (unpaired) electrons. The molecule has 0 spiro atoms. The molecule has 1 N–H and O–H groups in total. The fraction of sp³-hybridized carbons (Fsp3) is 0.800. The molecule has 1 aromatic rings. The first-order valence-electron chi connectivity index (χ1n) is 7.68. The fourth-order valence-corrected chi connectivity index (χ4v) is 2.68. The maximum atomic E-state index is 4.65. The molecule has 0 amide bonds. The molecule has 1 fully saturated rings. The second-order valence-electron chi connectivity index (χ2n) is 5.86. The zero-order chi connectivity index (χ0) is 13.7. The third-order valence-electron chi connectivity index (χ3n) is 3.92. The highest BCUT2D eigenvalue weighted by Gasteiger charge is 2.16. The Kier molecular flexibility index (Phi) is 5.40. The molecule has 1 atom stereocenters. The molecule has 2 heterocycles. The van der Waals surface area contributed by atoms with Gasteiger partial charge in [0.15, 0.2) is 0 Å². The van der Waals surface area contributed by atoms with Gasteiger partial charge >= 0.3 is 0 Å². The summed E-state index contributed by atoms with van der Waals surface area (Å²) in [5.74, 6) is 0. The molecule has 108 valence electrons. The Morgan fingerprint density at radius 1 is 1.47 bits per heavy atom. The van der Waals surface area contributed by atoms with Gasteiger partial charge in [0.2, 0.25) is 0 Å². The number of nitrogens with zero attached hydrogens (tertiary/aromatic N) is 3. The Balaban J connectivity index is 1.86. The topological polar surface area (TPSA) is 33.1 Å². The van der Waals surface area contributed by atoms with Gasteiger partial charge in [0.1, 0.15) is 0 Å². The summed E-state index contributed by atoms with van der Waals surface area (Å²) >= 11 is 0. The van der Waals surface area contributed by atoms with Gasteiger partial charge in [-0.1, -0.05) is 13.3 Å². The van der Waals surface area contributed by atoms with Crippen molar-refractivity contribution in [3.63, 3.8) is 0 Å². The largest absolute Gasteiger partial charge is 0.313 e. The lowest BCUT2D eigenvalue weighted by Crippen LogP contribution is -2.43. The summed E-state index contributed by atoms with van der Waals surface area (Å²) < 4.78 is 2.04. The number of hydrogen-bond donors (Lipinski definition) is 1. The van der Waals surface area contributed by atoms with E-state index in [-0.39, 0.29) is 0 Å². The molecule has 1 unspecified atom stereocenters. The minimum absolute atomic E-state index is 0.448. The van der Waals surface area contributed by atoms with Crippen molar-refractivity contribution in [3.8, 4) is 0 Å². The second-order valence-corrected chi connectivity index (χ2v) is 5.86. The van der Waals surface area contributed by atoms with E-state index in [1.54, 1.807) is 0 Å². The highest BCUT2D eigenvalue weighted by atomic mass is 15.3. The van der Waals surface area contributed by atoms with Crippen LogP contribution in [-0.4, -0.2) is 40.4 Å². The van der Waals surface area contributed by atoms with Crippen LogP contribution < -0.4 is 5.32 Å². The molecule has 0 saturated carbocycles. The van der Waals surface area contributed by atoms with Crippen LogP contribution in [0, 0.1) is 0 Å². The van der Waals surface area contributed by atoms with E-state index < -0.39 is 0 Å². The van der Waals surface area contributed by atoms with Crippen molar-refractivity contribution in [2.75, 3.05) is 19.6 Å². The highest BCUT2D eigenvalue weighted by molar-refractivity contribution is 4.99. The van der Waals surface area contributed by atoms with E-state index in [0.29, 0.717) is 12.1 Å². The van der Waals surface area contributed by atoms with Crippen molar-refractivity contribution in [3.05, 3.63) is 18.0 Å². The van der Waals surface area contributed by atoms with Crippen LogP contribution in [-0.2, 0) is 6.54 Å². The minimum Gasteiger partial charge on any atom is -0.313 e. The predicted octanol–water partition coefficient (Wildman–Crippen LogP) is 2.43. The summed E-state index contributed by atoms with van der Waals surface area (Å²) in [6.07, 6.45) is 6.11. The maximum Gasteiger partial charge on any atom is 0.0764 e. The van der Waals surface area contributed by atoms with Crippen molar-refractivity contribution >= 4 is 0 Å². The summed E-state index contributed by atoms with van der Waals surface area (Å²) in [7, 11) is 0. The van der Waals surface area contributed by atoms with Gasteiger partial charge in [-0.05, 0) is 45.8 Å². The predicted molar refractivity (Wildman–Crippen MR) is 79.2 cm³/mol. The molecule has 0 aliphatic carbocycles. The molecule has 2 rings (SSSR count). The minimum atomic E-state index is 0.448. The van der Waals surface area contributed by atoms with Crippen LogP contribution in [0.2, 0.25) is 0 Å². The molecule has 1 aliphatic heterocycles. The van der Waals surface area contributed by atoms with Crippen molar-refractivity contribution in [2.45, 2.75) is 58.7 Å². The van der Waals surface area contributed by atoms with Crippen LogP contribution in [0.3, 0.4) is 0 Å².